The van der Waals surface area contributed by atoms with Gasteiger partial charge in [-0.25, -0.2) is 4.79 Å². The van der Waals surface area contributed by atoms with Crippen LogP contribution >= 0.6 is 15.9 Å². The molecule has 4 heteroatoms. The lowest BCUT2D eigenvalue weighted by Gasteiger charge is -2.39. The van der Waals surface area contributed by atoms with Crippen LogP contribution in [0, 0.1) is 0 Å². The van der Waals surface area contributed by atoms with Crippen molar-refractivity contribution in [2.45, 2.75) is 64.0 Å². The number of carbonyl (C=O) groups is 1. The molecule has 0 aliphatic heterocycles. The molecule has 0 aromatic carbocycles. The van der Waals surface area contributed by atoms with Gasteiger partial charge in [0.15, 0.2) is 0 Å². The molecule has 1 amide bonds. The number of halogens is 1. The SMILES string of the molecule is C=C(CBr)C1(NC(=O)OC(C)(C)C)CCCCC1. The average molecular weight is 318 g/mol. The molecule has 0 unspecified atom stereocenters. The molecule has 0 radical (unpaired) electrons. The van der Waals surface area contributed by atoms with Crippen LogP contribution in [0.25, 0.3) is 0 Å². The van der Waals surface area contributed by atoms with Crippen molar-refractivity contribution in [2.24, 2.45) is 0 Å². The Morgan fingerprint density at radius 1 is 1.33 bits per heavy atom. The van der Waals surface area contributed by atoms with Gasteiger partial charge >= 0.3 is 6.09 Å². The minimum atomic E-state index is -0.463. The molecule has 1 rings (SSSR count). The second-order valence-corrected chi connectivity index (χ2v) is 6.57. The number of hydrogen-bond donors (Lipinski definition) is 1. The maximum Gasteiger partial charge on any atom is 0.408 e. The lowest BCUT2D eigenvalue weighted by molar-refractivity contribution is 0.0451. The Bertz CT molecular complexity index is 314. The average Bonchev–Trinajstić information content (AvgIpc) is 2.26. The first-order valence-corrected chi connectivity index (χ1v) is 7.67. The topological polar surface area (TPSA) is 38.3 Å². The second-order valence-electron chi connectivity index (χ2n) is 6.01. The monoisotopic (exact) mass is 317 g/mol. The Morgan fingerprint density at radius 3 is 2.33 bits per heavy atom. The predicted molar refractivity (Wildman–Crippen MR) is 78.1 cm³/mol. The van der Waals surface area contributed by atoms with E-state index in [2.05, 4.69) is 27.8 Å². The minimum absolute atomic E-state index is 0.288. The van der Waals surface area contributed by atoms with E-state index in [1.807, 2.05) is 20.8 Å². The third kappa shape index (κ3) is 4.30. The number of amides is 1. The van der Waals surface area contributed by atoms with Gasteiger partial charge in [0.05, 0.1) is 5.54 Å². The van der Waals surface area contributed by atoms with Gasteiger partial charge in [-0.15, -0.1) is 0 Å². The Morgan fingerprint density at radius 2 is 1.89 bits per heavy atom. The Labute approximate surface area is 118 Å². The highest BCUT2D eigenvalue weighted by Gasteiger charge is 2.36. The number of hydrogen-bond acceptors (Lipinski definition) is 2. The normalized spacial score (nSPS) is 19.1. The number of ether oxygens (including phenoxy) is 1. The van der Waals surface area contributed by atoms with E-state index in [9.17, 15) is 4.79 Å². The fraction of sp³-hybridized carbons (Fsp3) is 0.786. The summed E-state index contributed by atoms with van der Waals surface area (Å²) < 4.78 is 5.35. The molecule has 104 valence electrons. The minimum Gasteiger partial charge on any atom is -0.444 e. The highest BCUT2D eigenvalue weighted by atomic mass is 79.9. The lowest BCUT2D eigenvalue weighted by atomic mass is 9.77. The van der Waals surface area contributed by atoms with Crippen molar-refractivity contribution in [1.29, 1.82) is 0 Å². The summed E-state index contributed by atoms with van der Waals surface area (Å²) in [6, 6.07) is 0. The standard InChI is InChI=1S/C14H24BrNO2/c1-11(10-15)14(8-6-5-7-9-14)16-12(17)18-13(2,3)4/h1,5-10H2,2-4H3,(H,16,17). The zero-order valence-electron chi connectivity index (χ0n) is 11.6. The van der Waals surface area contributed by atoms with Crippen molar-refractivity contribution in [2.75, 3.05) is 5.33 Å². The van der Waals surface area contributed by atoms with Crippen molar-refractivity contribution in [3.8, 4) is 0 Å². The van der Waals surface area contributed by atoms with Crippen LogP contribution in [0.1, 0.15) is 52.9 Å². The third-order valence-corrected chi connectivity index (χ3v) is 3.96. The van der Waals surface area contributed by atoms with Gasteiger partial charge in [0.25, 0.3) is 0 Å². The Balaban J connectivity index is 2.73. The van der Waals surface area contributed by atoms with Gasteiger partial charge in [0.1, 0.15) is 5.60 Å². The molecule has 0 spiro atoms. The van der Waals surface area contributed by atoms with Crippen LogP contribution in [0.4, 0.5) is 4.79 Å². The van der Waals surface area contributed by atoms with Crippen LogP contribution in [0.2, 0.25) is 0 Å². The molecule has 3 nitrogen and oxygen atoms in total. The van der Waals surface area contributed by atoms with Crippen molar-refractivity contribution in [3.63, 3.8) is 0 Å². The van der Waals surface area contributed by atoms with Crippen molar-refractivity contribution < 1.29 is 9.53 Å². The molecule has 0 atom stereocenters. The molecule has 1 N–H and O–H groups in total. The van der Waals surface area contributed by atoms with E-state index in [0.717, 1.165) is 31.3 Å². The van der Waals surface area contributed by atoms with E-state index < -0.39 is 5.60 Å². The predicted octanol–water partition coefficient (Wildman–Crippen LogP) is 4.17. The van der Waals surface area contributed by atoms with Crippen molar-refractivity contribution in [3.05, 3.63) is 12.2 Å². The van der Waals surface area contributed by atoms with E-state index >= 15 is 0 Å². The summed E-state index contributed by atoms with van der Waals surface area (Å²) in [5.74, 6) is 0. The molecule has 0 aromatic rings. The van der Waals surface area contributed by atoms with Crippen LogP contribution in [0.15, 0.2) is 12.2 Å². The summed E-state index contributed by atoms with van der Waals surface area (Å²) in [4.78, 5) is 12.0. The van der Waals surface area contributed by atoms with E-state index in [1.54, 1.807) is 0 Å². The van der Waals surface area contributed by atoms with Crippen LogP contribution < -0.4 is 5.32 Å². The molecule has 1 aliphatic carbocycles. The lowest BCUT2D eigenvalue weighted by Crippen LogP contribution is -2.52. The summed E-state index contributed by atoms with van der Waals surface area (Å²) in [6.07, 6.45) is 5.05. The molecule has 1 fully saturated rings. The quantitative estimate of drug-likeness (QED) is 0.626. The van der Waals surface area contributed by atoms with Crippen LogP contribution in [0.5, 0.6) is 0 Å². The molecule has 1 saturated carbocycles. The zero-order valence-corrected chi connectivity index (χ0v) is 13.2. The van der Waals surface area contributed by atoms with Crippen molar-refractivity contribution >= 4 is 22.0 Å². The summed E-state index contributed by atoms with van der Waals surface area (Å²) in [6.45, 7) is 9.72. The number of alkyl carbamates (subject to hydrolysis) is 1. The number of nitrogens with one attached hydrogen (secondary N) is 1. The smallest absolute Gasteiger partial charge is 0.408 e. The summed E-state index contributed by atoms with van der Waals surface area (Å²) in [7, 11) is 0. The second kappa shape index (κ2) is 6.09. The molecule has 18 heavy (non-hydrogen) atoms. The van der Waals surface area contributed by atoms with Gasteiger partial charge in [0.2, 0.25) is 0 Å². The third-order valence-electron chi connectivity index (χ3n) is 3.29. The van der Waals surface area contributed by atoms with Crippen LogP contribution in [-0.2, 0) is 4.74 Å². The van der Waals surface area contributed by atoms with Gasteiger partial charge in [0, 0.05) is 5.33 Å². The van der Waals surface area contributed by atoms with Crippen molar-refractivity contribution in [1.82, 2.24) is 5.32 Å². The van der Waals surface area contributed by atoms with Gasteiger partial charge in [-0.2, -0.15) is 0 Å². The molecule has 1 aliphatic rings. The number of carbonyl (C=O) groups excluding carboxylic acids is 1. The van der Waals surface area contributed by atoms with E-state index in [-0.39, 0.29) is 11.6 Å². The van der Waals surface area contributed by atoms with Crippen LogP contribution in [0.3, 0.4) is 0 Å². The zero-order chi connectivity index (χ0) is 13.8. The fourth-order valence-electron chi connectivity index (χ4n) is 2.35. The number of rotatable bonds is 3. The highest BCUT2D eigenvalue weighted by molar-refractivity contribution is 9.09. The van der Waals surface area contributed by atoms with E-state index in [4.69, 9.17) is 4.74 Å². The first kappa shape index (κ1) is 15.5. The van der Waals surface area contributed by atoms with E-state index in [1.165, 1.54) is 6.42 Å². The Hall–Kier alpha value is -0.510. The maximum atomic E-state index is 12.0. The molecular weight excluding hydrogens is 294 g/mol. The van der Waals surface area contributed by atoms with Gasteiger partial charge in [-0.1, -0.05) is 41.8 Å². The first-order chi connectivity index (χ1) is 8.29. The molecule has 0 saturated heterocycles. The largest absolute Gasteiger partial charge is 0.444 e. The fourth-order valence-corrected chi connectivity index (χ4v) is 2.89. The Kier molecular flexibility index (Phi) is 5.26. The molecular formula is C14H24BrNO2. The summed E-state index contributed by atoms with van der Waals surface area (Å²) in [5.41, 5.74) is 0.285. The van der Waals surface area contributed by atoms with Gasteiger partial charge < -0.3 is 10.1 Å². The van der Waals surface area contributed by atoms with Crippen LogP contribution in [-0.4, -0.2) is 22.6 Å². The van der Waals surface area contributed by atoms with Gasteiger partial charge in [-0.3, -0.25) is 0 Å². The molecule has 0 aromatic heterocycles. The summed E-state index contributed by atoms with van der Waals surface area (Å²) in [5, 5.41) is 3.76. The maximum absolute atomic E-state index is 12.0. The van der Waals surface area contributed by atoms with E-state index in [0.29, 0.717) is 5.33 Å². The number of alkyl halides is 1. The molecule has 0 bridgehead atoms. The molecule has 0 heterocycles. The van der Waals surface area contributed by atoms with Gasteiger partial charge in [-0.05, 0) is 39.2 Å². The highest BCUT2D eigenvalue weighted by Crippen LogP contribution is 2.34. The first-order valence-electron chi connectivity index (χ1n) is 6.54. The summed E-state index contributed by atoms with van der Waals surface area (Å²) >= 11 is 3.45.